The molecule has 1 unspecified atom stereocenters. The molecular formula is C11H15Cl2NO2. The van der Waals surface area contributed by atoms with Crippen molar-refractivity contribution in [1.29, 1.82) is 0 Å². The summed E-state index contributed by atoms with van der Waals surface area (Å²) in [6, 6.07) is 7.58. The summed E-state index contributed by atoms with van der Waals surface area (Å²) in [5.41, 5.74) is 0.651. The van der Waals surface area contributed by atoms with E-state index in [0.29, 0.717) is 11.6 Å². The second kappa shape index (κ2) is 7.09. The first-order valence-electron chi connectivity index (χ1n) is 4.85. The molecule has 1 N–H and O–H groups in total. The van der Waals surface area contributed by atoms with Crippen LogP contribution in [0.5, 0.6) is 0 Å². The Bertz CT molecular complexity index is 319. The fourth-order valence-electron chi connectivity index (χ4n) is 1.29. The van der Waals surface area contributed by atoms with E-state index in [4.69, 9.17) is 32.7 Å². The van der Waals surface area contributed by atoms with Gasteiger partial charge in [-0.3, -0.25) is 5.32 Å². The van der Waals surface area contributed by atoms with Gasteiger partial charge in [0.15, 0.2) is 6.29 Å². The third-order valence-corrected chi connectivity index (χ3v) is 2.69. The minimum Gasteiger partial charge on any atom is -0.353 e. The van der Waals surface area contributed by atoms with E-state index >= 15 is 0 Å². The minimum atomic E-state index is -0.471. The first-order valence-corrected chi connectivity index (χ1v) is 5.66. The summed E-state index contributed by atoms with van der Waals surface area (Å²) in [7, 11) is 3.09. The van der Waals surface area contributed by atoms with Crippen molar-refractivity contribution < 1.29 is 9.47 Å². The predicted octanol–water partition coefficient (Wildman–Crippen LogP) is 2.61. The zero-order valence-electron chi connectivity index (χ0n) is 9.24. The summed E-state index contributed by atoms with van der Waals surface area (Å²) in [5, 5.41) is 3.79. The standard InChI is InChI=1S/C11H15Cl2NO2/c1-15-11(16-2)10(13)14-7-8-4-3-5-9(12)6-8/h3-6,10-11,14H,7H2,1-2H3. The van der Waals surface area contributed by atoms with Gasteiger partial charge in [-0.2, -0.15) is 0 Å². The van der Waals surface area contributed by atoms with Crippen LogP contribution in [-0.2, 0) is 16.0 Å². The number of hydrogen-bond acceptors (Lipinski definition) is 3. The fraction of sp³-hybridized carbons (Fsp3) is 0.455. The van der Waals surface area contributed by atoms with E-state index in [2.05, 4.69) is 5.32 Å². The monoisotopic (exact) mass is 263 g/mol. The normalized spacial score (nSPS) is 13.1. The van der Waals surface area contributed by atoms with Crippen molar-refractivity contribution in [3.05, 3.63) is 34.9 Å². The topological polar surface area (TPSA) is 30.5 Å². The van der Waals surface area contributed by atoms with Gasteiger partial charge in [0.2, 0.25) is 0 Å². The third-order valence-electron chi connectivity index (χ3n) is 2.09. The Morgan fingerprint density at radius 3 is 2.56 bits per heavy atom. The van der Waals surface area contributed by atoms with Crippen LogP contribution in [0, 0.1) is 0 Å². The molecule has 0 fully saturated rings. The number of hydrogen-bond donors (Lipinski definition) is 1. The Kier molecular flexibility index (Phi) is 6.09. The highest BCUT2D eigenvalue weighted by Crippen LogP contribution is 2.11. The number of ether oxygens (including phenoxy) is 2. The van der Waals surface area contributed by atoms with Crippen LogP contribution in [0.2, 0.25) is 5.02 Å². The Balaban J connectivity index is 2.45. The van der Waals surface area contributed by atoms with E-state index in [1.807, 2.05) is 24.3 Å². The van der Waals surface area contributed by atoms with E-state index in [1.165, 1.54) is 0 Å². The summed E-state index contributed by atoms with van der Waals surface area (Å²) in [4.78, 5) is 0. The van der Waals surface area contributed by atoms with Gasteiger partial charge < -0.3 is 9.47 Å². The van der Waals surface area contributed by atoms with Crippen LogP contribution in [0.15, 0.2) is 24.3 Å². The summed E-state index contributed by atoms with van der Waals surface area (Å²) in [5.74, 6) is 0. The second-order valence-corrected chi connectivity index (χ2v) is 4.16. The molecule has 90 valence electrons. The molecule has 0 radical (unpaired) electrons. The molecule has 1 atom stereocenters. The smallest absolute Gasteiger partial charge is 0.186 e. The number of rotatable bonds is 6. The number of benzene rings is 1. The van der Waals surface area contributed by atoms with Crippen molar-refractivity contribution in [2.75, 3.05) is 14.2 Å². The van der Waals surface area contributed by atoms with Crippen molar-refractivity contribution in [1.82, 2.24) is 5.32 Å². The summed E-state index contributed by atoms with van der Waals surface area (Å²) in [6.07, 6.45) is -0.471. The van der Waals surface area contributed by atoms with E-state index in [1.54, 1.807) is 14.2 Å². The highest BCUT2D eigenvalue weighted by molar-refractivity contribution is 6.30. The lowest BCUT2D eigenvalue weighted by atomic mass is 10.2. The highest BCUT2D eigenvalue weighted by Gasteiger charge is 2.16. The number of alkyl halides is 1. The maximum atomic E-state index is 6.04. The molecule has 0 aromatic heterocycles. The summed E-state index contributed by atoms with van der Waals surface area (Å²) >= 11 is 11.9. The maximum absolute atomic E-state index is 6.04. The van der Waals surface area contributed by atoms with Crippen LogP contribution in [0.1, 0.15) is 5.56 Å². The molecule has 3 nitrogen and oxygen atoms in total. The van der Waals surface area contributed by atoms with Crippen LogP contribution in [0.25, 0.3) is 0 Å². The Labute approximate surface area is 106 Å². The van der Waals surface area contributed by atoms with Gasteiger partial charge in [-0.15, -0.1) is 11.6 Å². The number of methoxy groups -OCH3 is 2. The lowest BCUT2D eigenvalue weighted by molar-refractivity contribution is -0.107. The number of nitrogens with one attached hydrogen (secondary N) is 1. The van der Waals surface area contributed by atoms with Gasteiger partial charge in [-0.05, 0) is 17.7 Å². The molecule has 0 saturated heterocycles. The van der Waals surface area contributed by atoms with Crippen molar-refractivity contribution >= 4 is 23.2 Å². The average Bonchev–Trinajstić information content (AvgIpc) is 2.28. The molecule has 1 rings (SSSR count). The molecule has 16 heavy (non-hydrogen) atoms. The van der Waals surface area contributed by atoms with Gasteiger partial charge in [0.05, 0.1) is 0 Å². The van der Waals surface area contributed by atoms with Gasteiger partial charge >= 0.3 is 0 Å². The van der Waals surface area contributed by atoms with Crippen LogP contribution in [-0.4, -0.2) is 26.0 Å². The van der Waals surface area contributed by atoms with Crippen LogP contribution < -0.4 is 5.32 Å². The van der Waals surface area contributed by atoms with E-state index in [0.717, 1.165) is 5.56 Å². The third kappa shape index (κ3) is 4.28. The quantitative estimate of drug-likeness (QED) is 0.486. The van der Waals surface area contributed by atoms with Crippen molar-refractivity contribution in [3.8, 4) is 0 Å². The maximum Gasteiger partial charge on any atom is 0.186 e. The number of halogens is 2. The lowest BCUT2D eigenvalue weighted by Crippen LogP contribution is -2.37. The largest absolute Gasteiger partial charge is 0.353 e. The van der Waals surface area contributed by atoms with Gasteiger partial charge in [0.1, 0.15) is 5.50 Å². The van der Waals surface area contributed by atoms with Crippen molar-refractivity contribution in [3.63, 3.8) is 0 Å². The molecule has 1 aromatic rings. The molecule has 0 bridgehead atoms. The SMILES string of the molecule is COC(OC)C(Cl)NCc1cccc(Cl)c1. The Morgan fingerprint density at radius 1 is 1.31 bits per heavy atom. The fourth-order valence-corrected chi connectivity index (χ4v) is 1.79. The first-order chi connectivity index (χ1) is 7.67. The zero-order chi connectivity index (χ0) is 12.0. The molecule has 1 aromatic carbocycles. The molecule has 0 aliphatic carbocycles. The zero-order valence-corrected chi connectivity index (χ0v) is 10.8. The summed E-state index contributed by atoms with van der Waals surface area (Å²) in [6.45, 7) is 0.609. The average molecular weight is 264 g/mol. The molecule has 0 amide bonds. The highest BCUT2D eigenvalue weighted by atomic mass is 35.5. The van der Waals surface area contributed by atoms with Gasteiger partial charge in [0.25, 0.3) is 0 Å². The molecule has 0 spiro atoms. The van der Waals surface area contributed by atoms with Gasteiger partial charge in [-0.1, -0.05) is 23.7 Å². The van der Waals surface area contributed by atoms with Crippen LogP contribution in [0.4, 0.5) is 0 Å². The van der Waals surface area contributed by atoms with E-state index < -0.39 is 11.8 Å². The molecule has 0 aliphatic heterocycles. The molecular weight excluding hydrogens is 249 g/mol. The van der Waals surface area contributed by atoms with Crippen LogP contribution >= 0.6 is 23.2 Å². The predicted molar refractivity (Wildman–Crippen MR) is 65.7 cm³/mol. The summed E-state index contributed by atoms with van der Waals surface area (Å²) < 4.78 is 10.1. The minimum absolute atomic E-state index is 0.408. The van der Waals surface area contributed by atoms with Crippen molar-refractivity contribution in [2.45, 2.75) is 18.3 Å². The second-order valence-electron chi connectivity index (χ2n) is 3.25. The van der Waals surface area contributed by atoms with Gasteiger partial charge in [0, 0.05) is 25.8 Å². The molecule has 0 heterocycles. The van der Waals surface area contributed by atoms with Gasteiger partial charge in [-0.25, -0.2) is 0 Å². The first kappa shape index (κ1) is 13.7. The molecule has 0 aliphatic rings. The van der Waals surface area contributed by atoms with Crippen LogP contribution in [0.3, 0.4) is 0 Å². The van der Waals surface area contributed by atoms with E-state index in [9.17, 15) is 0 Å². The van der Waals surface area contributed by atoms with Crippen molar-refractivity contribution in [2.24, 2.45) is 0 Å². The lowest BCUT2D eigenvalue weighted by Gasteiger charge is -2.20. The molecule has 5 heteroatoms. The molecule has 0 saturated carbocycles. The van der Waals surface area contributed by atoms with E-state index in [-0.39, 0.29) is 0 Å². The Morgan fingerprint density at radius 2 is 2.00 bits per heavy atom. The Hall–Kier alpha value is -0.320.